The molecule has 12 heavy (non-hydrogen) atoms. The highest BCUT2D eigenvalue weighted by Gasteiger charge is 2.02. The Bertz CT molecular complexity index is 431. The monoisotopic (exact) mass is 179 g/mol. The van der Waals surface area contributed by atoms with E-state index in [1.54, 1.807) is 0 Å². The van der Waals surface area contributed by atoms with E-state index in [0.717, 1.165) is 21.6 Å². The van der Waals surface area contributed by atoms with E-state index in [-0.39, 0.29) is 0 Å². The molecule has 0 amide bonds. The fraction of sp³-hybridized carbons (Fsp3) is 0.222. The lowest BCUT2D eigenvalue weighted by Gasteiger charge is -1.98. The summed E-state index contributed by atoms with van der Waals surface area (Å²) in [6, 6.07) is 3.88. The van der Waals surface area contributed by atoms with E-state index in [9.17, 15) is 0 Å². The van der Waals surface area contributed by atoms with Gasteiger partial charge in [-0.3, -0.25) is 0 Å². The Labute approximate surface area is 75.8 Å². The molecule has 0 saturated carbocycles. The van der Waals surface area contributed by atoms with Gasteiger partial charge in [0.25, 0.3) is 0 Å². The van der Waals surface area contributed by atoms with Gasteiger partial charge in [0, 0.05) is 12.1 Å². The van der Waals surface area contributed by atoms with Crippen LogP contribution >= 0.6 is 11.6 Å². The number of nitrogens with zero attached hydrogens (tertiary/aromatic N) is 2. The Morgan fingerprint density at radius 1 is 1.50 bits per heavy atom. The first-order chi connectivity index (χ1) is 5.68. The first kappa shape index (κ1) is 7.62. The highest BCUT2D eigenvalue weighted by atomic mass is 35.5. The molecule has 61 valence electrons. The van der Waals surface area contributed by atoms with E-state index in [2.05, 4.69) is 11.3 Å². The number of hydrogen-bond acceptors (Lipinski definition) is 1. The van der Waals surface area contributed by atoms with Gasteiger partial charge >= 0.3 is 0 Å². The van der Waals surface area contributed by atoms with Gasteiger partial charge in [0.15, 0.2) is 6.33 Å². The molecule has 0 N–H and O–H groups in total. The Morgan fingerprint density at radius 3 is 3.00 bits per heavy atom. The van der Waals surface area contributed by atoms with E-state index in [1.165, 1.54) is 0 Å². The van der Waals surface area contributed by atoms with Gasteiger partial charge in [0.05, 0.1) is 11.0 Å². The second-order valence-electron chi connectivity index (χ2n) is 2.86. The Balaban J connectivity index is 2.87. The quantitative estimate of drug-likeness (QED) is 0.607. The van der Waals surface area contributed by atoms with E-state index >= 15 is 0 Å². The van der Waals surface area contributed by atoms with Crippen LogP contribution in [-0.4, -0.2) is 9.55 Å². The summed E-state index contributed by atoms with van der Waals surface area (Å²) in [5, 5.41) is 0.759. The first-order valence-corrected chi connectivity index (χ1v) is 4.06. The van der Waals surface area contributed by atoms with Crippen LogP contribution in [0.25, 0.3) is 11.0 Å². The maximum Gasteiger partial charge on any atom is 0.177 e. The minimum Gasteiger partial charge on any atom is -0.324 e. The molecule has 2 rings (SSSR count). The predicted octanol–water partition coefficient (Wildman–Crippen LogP) is 2.34. The topological polar surface area (TPSA) is 17.8 Å². The molecule has 0 aliphatic rings. The largest absolute Gasteiger partial charge is 0.324 e. The van der Waals surface area contributed by atoms with Gasteiger partial charge in [-0.15, -0.1) is 0 Å². The van der Waals surface area contributed by atoms with Gasteiger partial charge in [-0.2, -0.15) is 0 Å². The molecule has 0 aliphatic heterocycles. The van der Waals surface area contributed by atoms with Crippen molar-refractivity contribution in [1.29, 1.82) is 0 Å². The molecule has 2 nitrogen and oxygen atoms in total. The Kier molecular flexibility index (Phi) is 1.58. The summed E-state index contributed by atoms with van der Waals surface area (Å²) >= 11 is 5.93. The van der Waals surface area contributed by atoms with Crippen LogP contribution in [0.1, 0.15) is 5.56 Å². The molecular weight excluding hydrogens is 172 g/mol. The number of aryl methyl sites for hydroxylation is 2. The summed E-state index contributed by atoms with van der Waals surface area (Å²) in [6.45, 7) is 1.98. The molecular formula is C9H8ClN2. The Morgan fingerprint density at radius 2 is 2.25 bits per heavy atom. The van der Waals surface area contributed by atoms with Crippen molar-refractivity contribution < 1.29 is 0 Å². The molecule has 0 atom stereocenters. The van der Waals surface area contributed by atoms with Gasteiger partial charge in [-0.1, -0.05) is 11.6 Å². The number of imidazole rings is 1. The average Bonchev–Trinajstić information content (AvgIpc) is 2.35. The van der Waals surface area contributed by atoms with Crippen molar-refractivity contribution >= 4 is 22.6 Å². The van der Waals surface area contributed by atoms with Gasteiger partial charge in [0.1, 0.15) is 0 Å². The molecule has 2 aromatic rings. The molecule has 0 bridgehead atoms. The van der Waals surface area contributed by atoms with E-state index in [0.29, 0.717) is 0 Å². The lowest BCUT2D eigenvalue weighted by atomic mass is 10.2. The van der Waals surface area contributed by atoms with Crippen molar-refractivity contribution in [3.63, 3.8) is 0 Å². The van der Waals surface area contributed by atoms with E-state index < -0.39 is 0 Å². The average molecular weight is 180 g/mol. The molecule has 0 fully saturated rings. The van der Waals surface area contributed by atoms with Gasteiger partial charge in [0.2, 0.25) is 0 Å². The molecule has 0 aliphatic carbocycles. The van der Waals surface area contributed by atoms with Crippen LogP contribution < -0.4 is 0 Å². The second-order valence-corrected chi connectivity index (χ2v) is 3.27. The second kappa shape index (κ2) is 2.49. The SMILES string of the molecule is Cc1cc2c(cc1Cl)n[c]n2C. The predicted molar refractivity (Wildman–Crippen MR) is 49.3 cm³/mol. The summed E-state index contributed by atoms with van der Waals surface area (Å²) in [4.78, 5) is 4.07. The number of benzene rings is 1. The third-order valence-electron chi connectivity index (χ3n) is 1.94. The van der Waals surface area contributed by atoms with Crippen LogP contribution in [0.3, 0.4) is 0 Å². The standard InChI is InChI=1S/C9H8ClN2/c1-6-3-9-8(4-7(6)10)11-5-12(9)2/h3-4H,1-2H3. The van der Waals surface area contributed by atoms with Crippen LogP contribution in [0.2, 0.25) is 5.02 Å². The third-order valence-corrected chi connectivity index (χ3v) is 2.34. The van der Waals surface area contributed by atoms with Crippen LogP contribution in [0, 0.1) is 13.3 Å². The van der Waals surface area contributed by atoms with Crippen LogP contribution in [0.4, 0.5) is 0 Å². The normalized spacial score (nSPS) is 10.9. The van der Waals surface area contributed by atoms with Crippen LogP contribution in [0.5, 0.6) is 0 Å². The molecule has 0 saturated heterocycles. The summed E-state index contributed by atoms with van der Waals surface area (Å²) < 4.78 is 1.86. The van der Waals surface area contributed by atoms with Crippen molar-refractivity contribution in [1.82, 2.24) is 9.55 Å². The fourth-order valence-electron chi connectivity index (χ4n) is 1.20. The van der Waals surface area contributed by atoms with Crippen molar-refractivity contribution in [3.05, 3.63) is 29.0 Å². The van der Waals surface area contributed by atoms with Gasteiger partial charge in [-0.25, -0.2) is 4.98 Å². The number of hydrogen-bond donors (Lipinski definition) is 0. The molecule has 1 aromatic heterocycles. The number of aromatic nitrogens is 2. The fourth-order valence-corrected chi connectivity index (χ4v) is 1.35. The zero-order valence-corrected chi connectivity index (χ0v) is 7.68. The van der Waals surface area contributed by atoms with Crippen LogP contribution in [0.15, 0.2) is 12.1 Å². The van der Waals surface area contributed by atoms with Crippen molar-refractivity contribution in [2.75, 3.05) is 0 Å². The summed E-state index contributed by atoms with van der Waals surface area (Å²) in [6.07, 6.45) is 2.84. The molecule has 1 radical (unpaired) electrons. The van der Waals surface area contributed by atoms with E-state index in [4.69, 9.17) is 11.6 Å². The lowest BCUT2D eigenvalue weighted by Crippen LogP contribution is -1.85. The zero-order chi connectivity index (χ0) is 8.72. The first-order valence-electron chi connectivity index (χ1n) is 3.69. The minimum atomic E-state index is 0.759. The molecule has 3 heteroatoms. The number of rotatable bonds is 0. The van der Waals surface area contributed by atoms with Crippen molar-refractivity contribution in [3.8, 4) is 0 Å². The molecule has 1 heterocycles. The smallest absolute Gasteiger partial charge is 0.177 e. The molecule has 0 unspecified atom stereocenters. The van der Waals surface area contributed by atoms with Crippen molar-refractivity contribution in [2.45, 2.75) is 6.92 Å². The van der Waals surface area contributed by atoms with E-state index in [1.807, 2.05) is 30.7 Å². The Hall–Kier alpha value is -1.02. The lowest BCUT2D eigenvalue weighted by molar-refractivity contribution is 0.935. The van der Waals surface area contributed by atoms with Gasteiger partial charge < -0.3 is 4.57 Å². The summed E-state index contributed by atoms with van der Waals surface area (Å²) in [7, 11) is 1.92. The zero-order valence-electron chi connectivity index (χ0n) is 6.93. The van der Waals surface area contributed by atoms with Gasteiger partial charge in [-0.05, 0) is 24.6 Å². The number of fused-ring (bicyclic) bond motifs is 1. The highest BCUT2D eigenvalue weighted by Crippen LogP contribution is 2.21. The van der Waals surface area contributed by atoms with Crippen molar-refractivity contribution in [2.24, 2.45) is 7.05 Å². The van der Waals surface area contributed by atoms with Crippen LogP contribution in [-0.2, 0) is 7.05 Å². The maximum absolute atomic E-state index is 5.93. The minimum absolute atomic E-state index is 0.759. The maximum atomic E-state index is 5.93. The summed E-state index contributed by atoms with van der Waals surface area (Å²) in [5.74, 6) is 0. The third kappa shape index (κ3) is 0.994. The molecule has 1 aromatic carbocycles. The highest BCUT2D eigenvalue weighted by molar-refractivity contribution is 6.32. The summed E-state index contributed by atoms with van der Waals surface area (Å²) in [5.41, 5.74) is 3.03. The number of halogens is 1. The molecule has 0 spiro atoms.